The third-order valence-corrected chi connectivity index (χ3v) is 21.0. The molecule has 0 aromatic carbocycles. The molecule has 5 unspecified atom stereocenters. The van der Waals surface area contributed by atoms with Gasteiger partial charge in [0.15, 0.2) is 22.3 Å². The number of aromatic amines is 4. The van der Waals surface area contributed by atoms with Crippen molar-refractivity contribution >= 4 is 79.6 Å². The highest BCUT2D eigenvalue weighted by Gasteiger charge is 2.50. The SMILES string of the molecule is Cc1cn([C@H]2C[C@H](OP(=O)(O)OC[C@H]3O[C@@H](n4cnc5c(=O)[nH]c(N)nc54)C[C@@H]3OP(=O)(O)OC[C@H]3O[C@@H](n4cc(C)c(=O)[nH]c4=O)C[C@@H]3OP(=O)(O)OC[C@H]3O[C@@H](n4cnc5c(=O)[nH]c(N)nc54)C[C@@H]3O)[C@@H](COP(=O)(O)O[C@H]3C[C@H](n4ccc(N)nc4=O)O[C@@H]3CO[P+](=O)O)O2)c(=O)[nH]c1=O. The predicted molar refractivity (Wildman–Crippen MR) is 337 cm³/mol. The molecular formula is C49H63N17O32P5+. The number of nitrogen functional groups attached to an aromatic ring is 3. The fourth-order valence-corrected chi connectivity index (χ4v) is 15.8. The third kappa shape index (κ3) is 17.3. The molecule has 5 aliphatic heterocycles. The predicted octanol–water partition coefficient (Wildman–Crippen LogP) is -2.55. The monoisotopic (exact) mass is 1560 g/mol. The molecule has 0 bridgehead atoms. The fourth-order valence-electron chi connectivity index (χ4n) is 11.7. The third-order valence-electron chi connectivity index (χ3n) is 16.6. The number of rotatable bonds is 28. The summed E-state index contributed by atoms with van der Waals surface area (Å²) in [6, 6.07) is 1.24. The average Bonchev–Trinajstić information content (AvgIpc) is 1.64. The van der Waals surface area contributed by atoms with Crippen molar-refractivity contribution in [2.75, 3.05) is 50.2 Å². The number of nitrogens with zero attached hydrogens (tertiary/aromatic N) is 10. The van der Waals surface area contributed by atoms with Crippen molar-refractivity contribution < 1.29 is 117 Å². The van der Waals surface area contributed by atoms with Crippen molar-refractivity contribution in [2.24, 2.45) is 0 Å². The van der Waals surface area contributed by atoms with E-state index in [1.54, 1.807) is 0 Å². The summed E-state index contributed by atoms with van der Waals surface area (Å²) >= 11 is 0. The maximum atomic E-state index is 14.3. The molecule has 12 heterocycles. The van der Waals surface area contributed by atoms with E-state index in [4.69, 9.17) is 81.6 Å². The minimum Gasteiger partial charge on any atom is -0.390 e. The molecule has 0 radical (unpaired) electrons. The Labute approximate surface area is 572 Å². The molecule has 0 spiro atoms. The molecule has 12 rings (SSSR count). The Bertz CT molecular complexity index is 5040. The summed E-state index contributed by atoms with van der Waals surface area (Å²) in [6.45, 7) is -2.16. The second-order valence-corrected chi connectivity index (χ2v) is 30.0. The van der Waals surface area contributed by atoms with Gasteiger partial charge < -0.3 is 65.6 Å². The summed E-state index contributed by atoms with van der Waals surface area (Å²) in [4.78, 5) is 172. The number of H-pyrrole nitrogens is 4. The first-order valence-electron chi connectivity index (χ1n) is 30.3. The Balaban J connectivity index is 0.747. The van der Waals surface area contributed by atoms with Gasteiger partial charge in [-0.25, -0.2) is 42.6 Å². The zero-order valence-corrected chi connectivity index (χ0v) is 57.4. The minimum absolute atomic E-state index is 0.00218. The lowest BCUT2D eigenvalue weighted by Crippen LogP contribution is -2.33. The number of phosphoric acid groups is 4. The van der Waals surface area contributed by atoms with Crippen molar-refractivity contribution in [2.45, 2.75) is 138 Å². The molecule has 20 atom stereocenters. The molecule has 7 aromatic heterocycles. The molecular weight excluding hydrogens is 1490 g/mol. The van der Waals surface area contributed by atoms with Gasteiger partial charge in [0.2, 0.25) is 11.9 Å². The normalized spacial score (nSPS) is 29.1. The summed E-state index contributed by atoms with van der Waals surface area (Å²) in [6.07, 6.45) is -19.4. The van der Waals surface area contributed by atoms with E-state index in [1.165, 1.54) is 37.0 Å². The van der Waals surface area contributed by atoms with Gasteiger partial charge >= 0.3 is 56.6 Å². The molecule has 16 N–H and O–H groups in total. The van der Waals surface area contributed by atoms with Crippen LogP contribution in [-0.2, 0) is 87.2 Å². The Morgan fingerprint density at radius 3 is 1.24 bits per heavy atom. The Hall–Kier alpha value is -7.44. The highest BCUT2D eigenvalue weighted by atomic mass is 31.2. The maximum Gasteiger partial charge on any atom is 0.694 e. The highest BCUT2D eigenvalue weighted by Crippen LogP contribution is 2.55. The van der Waals surface area contributed by atoms with E-state index in [-0.39, 0.29) is 57.6 Å². The van der Waals surface area contributed by atoms with E-state index in [9.17, 15) is 86.0 Å². The van der Waals surface area contributed by atoms with Crippen LogP contribution in [0.1, 0.15) is 74.4 Å². The summed E-state index contributed by atoms with van der Waals surface area (Å²) in [5.74, 6) is -0.797. The Morgan fingerprint density at radius 1 is 0.505 bits per heavy atom. The molecule has 103 heavy (non-hydrogen) atoms. The van der Waals surface area contributed by atoms with Crippen molar-refractivity contribution in [1.29, 1.82) is 0 Å². The van der Waals surface area contributed by atoms with Gasteiger partial charge in [0, 0.05) is 66.4 Å². The van der Waals surface area contributed by atoms with Gasteiger partial charge in [-0.1, -0.05) is 0 Å². The van der Waals surface area contributed by atoms with Crippen LogP contribution >= 0.6 is 39.5 Å². The smallest absolute Gasteiger partial charge is 0.390 e. The molecule has 5 fully saturated rings. The lowest BCUT2D eigenvalue weighted by atomic mass is 10.2. The summed E-state index contributed by atoms with van der Waals surface area (Å²) in [7, 11) is -25.2. The standard InChI is InChI=1S/C49H62N17O32P5/c1-19-10-63(48(73)60-41(19)68)34-7-23(96-100(77,78)86-13-26-21(67)5-32(90-26)65-17-53-37-39(65)56-45(51)58-43(37)70)28(92-34)15-88-103(83,84)98-25-9-36(66-18-54-38-40(66)57-46(52)59-44(38)71)94-30(25)16-89-102(81,82)97-24-8-35(64-11-20(2)42(69)61-49(64)74)93-29(24)14-87-101(79,80)95-22-6-33(91-27(22)12-85-99(75)76)62-4-3-31(50)55-47(62)72/h3-4,10-11,17-18,21-30,32-36,67H,5-9,12-16H2,1-2H3,(H14-,50,51,52,55,56,57,58,59,60,61,68,69,70,71,72,73,74,75,76,77,78,79,80,81,82,83,84)/p+1/t21-,22-,23-,24-,25-,26+,27+,28+,29+,30+,32+,33+,34+,35+,36+/m0/s1. The Morgan fingerprint density at radius 2 is 0.854 bits per heavy atom. The quantitative estimate of drug-likeness (QED) is 0.0225. The zero-order valence-electron chi connectivity index (χ0n) is 52.9. The van der Waals surface area contributed by atoms with Gasteiger partial charge in [-0.3, -0.25) is 98.1 Å². The van der Waals surface area contributed by atoms with Crippen LogP contribution in [0.25, 0.3) is 22.3 Å². The van der Waals surface area contributed by atoms with Gasteiger partial charge in [-0.05, 0) is 19.9 Å². The van der Waals surface area contributed by atoms with E-state index < -0.39 is 230 Å². The fraction of sp³-hybridized carbons (Fsp3) is 0.551. The first-order valence-corrected chi connectivity index (χ1v) is 37.5. The number of phosphoric ester groups is 4. The second-order valence-electron chi connectivity index (χ2n) is 23.6. The van der Waals surface area contributed by atoms with Gasteiger partial charge in [-0.2, -0.15) is 15.0 Å². The number of fused-ring (bicyclic) bond motifs is 2. The van der Waals surface area contributed by atoms with Crippen LogP contribution in [0.2, 0.25) is 0 Å². The number of hydrogen-bond acceptors (Lipinski definition) is 35. The topological polar surface area (TPSA) is 686 Å². The largest absolute Gasteiger partial charge is 0.694 e. The summed E-state index contributed by atoms with van der Waals surface area (Å²) in [5, 5.41) is 10.9. The number of anilines is 3. The summed E-state index contributed by atoms with van der Waals surface area (Å²) in [5.41, 5.74) is 10.5. The van der Waals surface area contributed by atoms with Crippen LogP contribution in [0.3, 0.4) is 0 Å². The van der Waals surface area contributed by atoms with Gasteiger partial charge in [0.1, 0.15) is 98.5 Å². The molecule has 5 saturated heterocycles. The molecule has 49 nitrogen and oxygen atoms in total. The number of ether oxygens (including phenoxy) is 5. The van der Waals surface area contributed by atoms with E-state index in [0.717, 1.165) is 37.0 Å². The molecule has 54 heteroatoms. The van der Waals surface area contributed by atoms with Crippen LogP contribution < -0.4 is 56.5 Å². The van der Waals surface area contributed by atoms with Crippen LogP contribution in [0.15, 0.2) is 70.9 Å². The highest BCUT2D eigenvalue weighted by molar-refractivity contribution is 7.48. The number of aliphatic hydroxyl groups is 1. The lowest BCUT2D eigenvalue weighted by molar-refractivity contribution is -0.0640. The van der Waals surface area contributed by atoms with Gasteiger partial charge in [-0.15, -0.1) is 9.42 Å². The molecule has 5 aliphatic rings. The molecule has 7 aromatic rings. The second kappa shape index (κ2) is 29.8. The minimum atomic E-state index is -5.59. The van der Waals surface area contributed by atoms with E-state index >= 15 is 0 Å². The van der Waals surface area contributed by atoms with Crippen LogP contribution in [0, 0.1) is 13.8 Å². The van der Waals surface area contributed by atoms with Crippen molar-refractivity contribution in [1.82, 2.24) is 67.7 Å². The number of aryl methyl sites for hydroxylation is 2. The number of aromatic nitrogens is 14. The number of nitrogens with one attached hydrogen (secondary N) is 4. The first kappa shape index (κ1) is 75.2. The molecule has 0 amide bonds. The number of imidazole rings is 2. The van der Waals surface area contributed by atoms with Crippen molar-refractivity contribution in [3.8, 4) is 0 Å². The van der Waals surface area contributed by atoms with Crippen LogP contribution in [-0.4, -0.2) is 191 Å². The van der Waals surface area contributed by atoms with Crippen LogP contribution in [0.4, 0.5) is 17.7 Å². The number of aliphatic hydroxyl groups excluding tert-OH is 1. The van der Waals surface area contributed by atoms with Gasteiger partial charge in [0.05, 0.1) is 45.2 Å². The van der Waals surface area contributed by atoms with E-state index in [0.29, 0.717) is 0 Å². The molecule has 560 valence electrons. The van der Waals surface area contributed by atoms with E-state index in [1.807, 2.05) is 0 Å². The average molecular weight is 1560 g/mol. The number of hydrogen-bond donors (Lipinski definition) is 13. The van der Waals surface area contributed by atoms with Gasteiger partial charge in [0.25, 0.3) is 22.2 Å². The lowest BCUT2D eigenvalue weighted by Gasteiger charge is -2.25. The zero-order chi connectivity index (χ0) is 73.9. The number of nitrogens with two attached hydrogens (primary N) is 3. The Kier molecular flexibility index (Phi) is 21.8. The molecule has 0 aliphatic carbocycles. The van der Waals surface area contributed by atoms with E-state index in [2.05, 4.69) is 44.9 Å². The first-order chi connectivity index (χ1) is 48.5. The van der Waals surface area contributed by atoms with Crippen molar-refractivity contribution in [3.05, 3.63) is 121 Å². The summed E-state index contributed by atoms with van der Waals surface area (Å²) < 4.78 is 151. The molecule has 0 saturated carbocycles. The van der Waals surface area contributed by atoms with Crippen molar-refractivity contribution in [3.63, 3.8) is 0 Å². The van der Waals surface area contributed by atoms with Crippen LogP contribution in [0.5, 0.6) is 0 Å². The maximum absolute atomic E-state index is 14.3.